The van der Waals surface area contributed by atoms with Crippen molar-refractivity contribution in [2.75, 3.05) is 40.5 Å². The normalized spacial score (nSPS) is 14.1. The van der Waals surface area contributed by atoms with Crippen LogP contribution in [0.5, 0.6) is 0 Å². The first-order chi connectivity index (χ1) is 25.7. The van der Waals surface area contributed by atoms with Crippen LogP contribution in [0.15, 0.2) is 60.8 Å². The van der Waals surface area contributed by atoms with Crippen molar-refractivity contribution >= 4 is 19.8 Å². The van der Waals surface area contributed by atoms with Gasteiger partial charge in [-0.1, -0.05) is 120 Å². The second kappa shape index (κ2) is 38.0. The summed E-state index contributed by atoms with van der Waals surface area (Å²) in [4.78, 5) is 36.9. The number of phosphoric ester groups is 1. The standard InChI is InChI=1S/C43H76NO8P/c1-5-7-9-11-13-15-17-19-21-23-25-27-29-31-33-35-42(45)49-39-41(40-51-53(47,48)50-38-37-44(3)4)52-43(46)36-34-32-30-28-26-24-22-20-18-16-14-12-10-8-6-2/h13-16,19-22,25,27,41H,5-12,17-18,23-24,26,28-40H2,1-4H3,(H,47,48)/b15-13-,16-14-,21-19-,22-20-,27-25-. The third-order valence-corrected chi connectivity index (χ3v) is 9.28. The van der Waals surface area contributed by atoms with Crippen LogP contribution in [0.1, 0.15) is 155 Å². The maximum Gasteiger partial charge on any atom is 0.472 e. The largest absolute Gasteiger partial charge is 0.472 e. The molecular formula is C43H76NO8P. The summed E-state index contributed by atoms with van der Waals surface area (Å²) in [6.07, 6.45) is 42.6. The Balaban J connectivity index is 4.43. The molecule has 0 rings (SSSR count). The molecule has 0 aromatic rings. The van der Waals surface area contributed by atoms with Crippen molar-refractivity contribution in [3.8, 4) is 0 Å². The van der Waals surface area contributed by atoms with E-state index in [1.54, 1.807) is 4.90 Å². The van der Waals surface area contributed by atoms with Gasteiger partial charge >= 0.3 is 19.8 Å². The number of esters is 2. The van der Waals surface area contributed by atoms with Gasteiger partial charge in [0, 0.05) is 19.4 Å². The van der Waals surface area contributed by atoms with Crippen LogP contribution in [-0.2, 0) is 32.7 Å². The van der Waals surface area contributed by atoms with Gasteiger partial charge < -0.3 is 19.3 Å². The number of hydrogen-bond donors (Lipinski definition) is 1. The first-order valence-corrected chi connectivity index (χ1v) is 22.1. The molecule has 0 aliphatic rings. The minimum Gasteiger partial charge on any atom is -0.462 e. The molecular weight excluding hydrogens is 689 g/mol. The number of carbonyl (C=O) groups is 2. The number of hydrogen-bond acceptors (Lipinski definition) is 8. The first kappa shape index (κ1) is 50.7. The average molecular weight is 766 g/mol. The number of nitrogens with zero attached hydrogens (tertiary/aromatic N) is 1. The fourth-order valence-electron chi connectivity index (χ4n) is 5.07. The molecule has 53 heavy (non-hydrogen) atoms. The summed E-state index contributed by atoms with van der Waals surface area (Å²) in [5.74, 6) is -0.869. The number of unbranched alkanes of at least 4 members (excludes halogenated alkanes) is 13. The van der Waals surface area contributed by atoms with E-state index < -0.39 is 32.5 Å². The molecule has 9 nitrogen and oxygen atoms in total. The maximum absolute atomic E-state index is 12.6. The summed E-state index contributed by atoms with van der Waals surface area (Å²) < 4.78 is 33.3. The minimum absolute atomic E-state index is 0.00418. The smallest absolute Gasteiger partial charge is 0.462 e. The SMILES string of the molecule is CCCCC/C=C\C/C=C\C/C=C\CCCCC(=O)OCC(COP(=O)(O)OCCN(C)C)OC(=O)CCCCCCC/C=C\C/C=C\CCCCC. The molecule has 2 atom stereocenters. The number of ether oxygens (including phenoxy) is 2. The highest BCUT2D eigenvalue weighted by atomic mass is 31.2. The fraction of sp³-hybridized carbons (Fsp3) is 0.721. The van der Waals surface area contributed by atoms with Crippen molar-refractivity contribution < 1.29 is 37.6 Å². The number of likely N-dealkylation sites (N-methyl/N-ethyl adjacent to an activating group) is 1. The van der Waals surface area contributed by atoms with Gasteiger partial charge in [0.25, 0.3) is 0 Å². The Labute approximate surface area is 323 Å². The Morgan fingerprint density at radius 3 is 1.55 bits per heavy atom. The summed E-state index contributed by atoms with van der Waals surface area (Å²) in [6, 6.07) is 0. The molecule has 0 bridgehead atoms. The van der Waals surface area contributed by atoms with E-state index in [9.17, 15) is 19.0 Å². The molecule has 10 heteroatoms. The topological polar surface area (TPSA) is 112 Å². The lowest BCUT2D eigenvalue weighted by molar-refractivity contribution is -0.161. The molecule has 2 unspecified atom stereocenters. The van der Waals surface area contributed by atoms with E-state index in [4.69, 9.17) is 18.5 Å². The Morgan fingerprint density at radius 2 is 1.02 bits per heavy atom. The molecule has 0 spiro atoms. The van der Waals surface area contributed by atoms with Gasteiger partial charge in [0.1, 0.15) is 6.61 Å². The average Bonchev–Trinajstić information content (AvgIpc) is 3.12. The van der Waals surface area contributed by atoms with Crippen LogP contribution < -0.4 is 0 Å². The van der Waals surface area contributed by atoms with Crippen molar-refractivity contribution in [2.24, 2.45) is 0 Å². The van der Waals surface area contributed by atoms with E-state index in [2.05, 4.69) is 74.6 Å². The van der Waals surface area contributed by atoms with Gasteiger partial charge in [-0.25, -0.2) is 4.57 Å². The van der Waals surface area contributed by atoms with Crippen LogP contribution in [0.4, 0.5) is 0 Å². The molecule has 1 N–H and O–H groups in total. The zero-order chi connectivity index (χ0) is 39.1. The Kier molecular flexibility index (Phi) is 36.4. The van der Waals surface area contributed by atoms with Gasteiger partial charge in [0.05, 0.1) is 13.2 Å². The molecule has 0 aliphatic heterocycles. The molecule has 0 aromatic heterocycles. The van der Waals surface area contributed by atoms with Crippen LogP contribution in [0.2, 0.25) is 0 Å². The van der Waals surface area contributed by atoms with E-state index in [-0.39, 0.29) is 26.1 Å². The predicted octanol–water partition coefficient (Wildman–Crippen LogP) is 11.5. The van der Waals surface area contributed by atoms with Crippen molar-refractivity contribution in [1.29, 1.82) is 0 Å². The first-order valence-electron chi connectivity index (χ1n) is 20.6. The van der Waals surface area contributed by atoms with Crippen LogP contribution in [-0.4, -0.2) is 68.3 Å². The van der Waals surface area contributed by atoms with Gasteiger partial charge in [0.2, 0.25) is 0 Å². The molecule has 306 valence electrons. The summed E-state index contributed by atoms with van der Waals surface area (Å²) in [7, 11) is -0.742. The Morgan fingerprint density at radius 1 is 0.585 bits per heavy atom. The third-order valence-electron chi connectivity index (χ3n) is 8.30. The van der Waals surface area contributed by atoms with E-state index in [1.807, 2.05) is 14.1 Å². The fourth-order valence-corrected chi connectivity index (χ4v) is 5.82. The van der Waals surface area contributed by atoms with E-state index in [0.29, 0.717) is 19.4 Å². The minimum atomic E-state index is -4.37. The van der Waals surface area contributed by atoms with E-state index >= 15 is 0 Å². The lowest BCUT2D eigenvalue weighted by atomic mass is 10.1. The van der Waals surface area contributed by atoms with Gasteiger partial charge in [0.15, 0.2) is 6.10 Å². The summed E-state index contributed by atoms with van der Waals surface area (Å²) in [5, 5.41) is 0. The number of phosphoric acid groups is 1. The van der Waals surface area contributed by atoms with Crippen LogP contribution >= 0.6 is 7.82 Å². The molecule has 0 aromatic carbocycles. The molecule has 0 heterocycles. The number of allylic oxidation sites excluding steroid dienone is 10. The molecule has 0 radical (unpaired) electrons. The zero-order valence-corrected chi connectivity index (χ0v) is 34.8. The van der Waals surface area contributed by atoms with Crippen LogP contribution in [0.3, 0.4) is 0 Å². The maximum atomic E-state index is 12.6. The van der Waals surface area contributed by atoms with E-state index in [1.165, 1.54) is 44.9 Å². The van der Waals surface area contributed by atoms with Gasteiger partial charge in [-0.05, 0) is 97.6 Å². The summed E-state index contributed by atoms with van der Waals surface area (Å²) in [5.41, 5.74) is 0. The molecule has 0 fully saturated rings. The Hall–Kier alpha value is -2.29. The van der Waals surface area contributed by atoms with Crippen molar-refractivity contribution in [3.63, 3.8) is 0 Å². The number of carbonyl (C=O) groups excluding carboxylic acids is 2. The highest BCUT2D eigenvalue weighted by Crippen LogP contribution is 2.43. The monoisotopic (exact) mass is 766 g/mol. The predicted molar refractivity (Wildman–Crippen MR) is 220 cm³/mol. The van der Waals surface area contributed by atoms with Crippen LogP contribution in [0, 0.1) is 0 Å². The highest BCUT2D eigenvalue weighted by molar-refractivity contribution is 7.47. The third kappa shape index (κ3) is 39.2. The molecule has 0 amide bonds. The molecule has 0 aliphatic carbocycles. The van der Waals surface area contributed by atoms with Crippen LogP contribution in [0.25, 0.3) is 0 Å². The zero-order valence-electron chi connectivity index (χ0n) is 33.9. The quantitative estimate of drug-likeness (QED) is 0.0286. The second-order valence-electron chi connectivity index (χ2n) is 13.8. The summed E-state index contributed by atoms with van der Waals surface area (Å²) in [6.45, 7) is 4.18. The number of rotatable bonds is 37. The van der Waals surface area contributed by atoms with Crippen molar-refractivity contribution in [2.45, 2.75) is 161 Å². The van der Waals surface area contributed by atoms with Gasteiger partial charge in [-0.15, -0.1) is 0 Å². The Bertz CT molecular complexity index is 1070. The highest BCUT2D eigenvalue weighted by Gasteiger charge is 2.26. The lowest BCUT2D eigenvalue weighted by Gasteiger charge is -2.20. The van der Waals surface area contributed by atoms with Crippen molar-refractivity contribution in [3.05, 3.63) is 60.8 Å². The summed E-state index contributed by atoms with van der Waals surface area (Å²) >= 11 is 0. The molecule has 0 saturated heterocycles. The van der Waals surface area contributed by atoms with E-state index in [0.717, 1.165) is 70.6 Å². The lowest BCUT2D eigenvalue weighted by Crippen LogP contribution is -2.29. The van der Waals surface area contributed by atoms with Gasteiger partial charge in [-0.3, -0.25) is 18.6 Å². The van der Waals surface area contributed by atoms with Gasteiger partial charge in [-0.2, -0.15) is 0 Å². The molecule has 0 saturated carbocycles. The van der Waals surface area contributed by atoms with Crippen molar-refractivity contribution in [1.82, 2.24) is 4.90 Å². The second-order valence-corrected chi connectivity index (χ2v) is 15.3.